The molecule has 0 spiro atoms. The van der Waals surface area contributed by atoms with Gasteiger partial charge in [-0.1, -0.05) is 24.7 Å². The average Bonchev–Trinajstić information content (AvgIpc) is 3.26. The topological polar surface area (TPSA) is 119 Å². The molecule has 2 aromatic heterocycles. The molecule has 2 aromatic rings. The number of rotatable bonds is 7. The third kappa shape index (κ3) is 6.13. The van der Waals surface area contributed by atoms with Crippen LogP contribution < -0.4 is 5.73 Å². The molecule has 2 amide bonds. The number of carbonyl (C=O) groups excluding carboxylic acids is 3. The molecule has 1 aliphatic carbocycles. The number of esters is 1. The molecule has 1 saturated carbocycles. The summed E-state index contributed by atoms with van der Waals surface area (Å²) < 4.78 is 13.1. The van der Waals surface area contributed by atoms with Crippen LogP contribution in [0.15, 0.2) is 30.7 Å². The first kappa shape index (κ1) is 27.4. The Morgan fingerprint density at radius 1 is 1.19 bits per heavy atom. The van der Waals surface area contributed by atoms with E-state index in [1.165, 1.54) is 23.9 Å². The summed E-state index contributed by atoms with van der Waals surface area (Å²) in [6.45, 7) is 4.73. The van der Waals surface area contributed by atoms with Gasteiger partial charge in [-0.3, -0.25) is 9.59 Å². The van der Waals surface area contributed by atoms with Crippen molar-refractivity contribution in [3.63, 3.8) is 0 Å². The molecule has 36 heavy (non-hydrogen) atoms. The predicted molar refractivity (Wildman–Crippen MR) is 139 cm³/mol. The summed E-state index contributed by atoms with van der Waals surface area (Å²) >= 11 is 5.53. The maximum Gasteiger partial charge on any atom is 0.410 e. The number of pyridine rings is 1. The highest BCUT2D eigenvalue weighted by molar-refractivity contribution is 7.80. The van der Waals surface area contributed by atoms with Gasteiger partial charge >= 0.3 is 12.1 Å². The summed E-state index contributed by atoms with van der Waals surface area (Å²) in [6, 6.07) is 3.81. The molecule has 2 N–H and O–H groups in total. The minimum atomic E-state index is -0.818. The van der Waals surface area contributed by atoms with Crippen LogP contribution in [0, 0.1) is 0 Å². The zero-order valence-corrected chi connectivity index (χ0v) is 22.3. The van der Waals surface area contributed by atoms with Gasteiger partial charge < -0.3 is 29.4 Å². The lowest BCUT2D eigenvalue weighted by Crippen LogP contribution is -2.53. The summed E-state index contributed by atoms with van der Waals surface area (Å²) in [5.74, 6) is -0.989. The van der Waals surface area contributed by atoms with Crippen molar-refractivity contribution in [2.45, 2.75) is 63.6 Å². The summed E-state index contributed by atoms with van der Waals surface area (Å²) in [4.78, 5) is 44.6. The van der Waals surface area contributed by atoms with E-state index < -0.39 is 35.1 Å². The van der Waals surface area contributed by atoms with E-state index in [0.29, 0.717) is 12.8 Å². The normalized spacial score (nSPS) is 20.0. The Kier molecular flexibility index (Phi) is 8.22. The van der Waals surface area contributed by atoms with Gasteiger partial charge in [0.05, 0.1) is 10.4 Å². The molecule has 0 aromatic carbocycles. The zero-order chi connectivity index (χ0) is 26.7. The largest absolute Gasteiger partial charge is 0.460 e. The molecule has 10 nitrogen and oxygen atoms in total. The SMILES string of the molecule is CN(CC(=O)OC1CCCCC1(C(N)=S)c1ccc2nccn2c1)C(=O)CN(C)C(=O)OC(C)(C)C. The van der Waals surface area contributed by atoms with Crippen LogP contribution in [0.4, 0.5) is 4.79 Å². The molecule has 0 aliphatic heterocycles. The standard InChI is InChI=1S/C25H35N5O5S/c1-24(2,3)35-23(33)29(5)15-20(31)28(4)16-21(32)34-18-8-6-7-11-25(18,22(26)36)17-9-10-19-27-12-13-30(19)14-17/h9-10,12-14,18H,6-8,11,15-16H2,1-5H3,(H2,26,36). The second-order valence-electron chi connectivity index (χ2n) is 10.3. The molecule has 11 heteroatoms. The quantitative estimate of drug-likeness (QED) is 0.440. The number of imidazole rings is 1. The number of ether oxygens (including phenoxy) is 2. The van der Waals surface area contributed by atoms with E-state index >= 15 is 0 Å². The van der Waals surface area contributed by atoms with Crippen molar-refractivity contribution < 1.29 is 23.9 Å². The minimum absolute atomic E-state index is 0.232. The Balaban J connectivity index is 1.69. The lowest BCUT2D eigenvalue weighted by Gasteiger charge is -2.43. The van der Waals surface area contributed by atoms with Gasteiger partial charge in [-0.25, -0.2) is 9.78 Å². The summed E-state index contributed by atoms with van der Waals surface area (Å²) in [5.41, 5.74) is 6.45. The molecular formula is C25H35N5O5S. The van der Waals surface area contributed by atoms with E-state index in [2.05, 4.69) is 4.98 Å². The lowest BCUT2D eigenvalue weighted by atomic mass is 9.67. The molecule has 0 bridgehead atoms. The third-order valence-electron chi connectivity index (χ3n) is 6.32. The van der Waals surface area contributed by atoms with E-state index in [1.807, 2.05) is 28.9 Å². The Hall–Kier alpha value is -3.21. The number of aromatic nitrogens is 2. The van der Waals surface area contributed by atoms with Gasteiger partial charge in [-0.2, -0.15) is 0 Å². The predicted octanol–water partition coefficient (Wildman–Crippen LogP) is 2.67. The van der Waals surface area contributed by atoms with Crippen LogP contribution in [-0.2, 0) is 24.5 Å². The number of nitrogens with zero attached hydrogens (tertiary/aromatic N) is 4. The number of hydrogen-bond acceptors (Lipinski definition) is 7. The third-order valence-corrected chi connectivity index (χ3v) is 6.69. The van der Waals surface area contributed by atoms with Crippen LogP contribution in [0.25, 0.3) is 5.65 Å². The number of likely N-dealkylation sites (N-methyl/N-ethyl adjacent to an activating group) is 2. The fourth-order valence-electron chi connectivity index (χ4n) is 4.44. The van der Waals surface area contributed by atoms with Crippen molar-refractivity contribution in [3.8, 4) is 0 Å². The smallest absolute Gasteiger partial charge is 0.410 e. The molecule has 1 aliphatic rings. The minimum Gasteiger partial charge on any atom is -0.460 e. The Morgan fingerprint density at radius 2 is 1.92 bits per heavy atom. The summed E-state index contributed by atoms with van der Waals surface area (Å²) in [5, 5.41) is 0. The fourth-order valence-corrected chi connectivity index (χ4v) is 4.80. The van der Waals surface area contributed by atoms with Gasteiger partial charge in [0.1, 0.15) is 30.4 Å². The van der Waals surface area contributed by atoms with Crippen molar-refractivity contribution in [3.05, 3.63) is 36.3 Å². The number of fused-ring (bicyclic) bond motifs is 1. The van der Waals surface area contributed by atoms with Gasteiger partial charge in [0.2, 0.25) is 5.91 Å². The van der Waals surface area contributed by atoms with Crippen LogP contribution >= 0.6 is 12.2 Å². The first-order chi connectivity index (χ1) is 16.8. The van der Waals surface area contributed by atoms with E-state index in [0.717, 1.165) is 24.1 Å². The zero-order valence-electron chi connectivity index (χ0n) is 21.5. The number of hydrogen-bond donors (Lipinski definition) is 1. The highest BCUT2D eigenvalue weighted by atomic mass is 32.1. The van der Waals surface area contributed by atoms with Crippen molar-refractivity contribution in [1.82, 2.24) is 19.2 Å². The van der Waals surface area contributed by atoms with Crippen LogP contribution in [0.5, 0.6) is 0 Å². The lowest BCUT2D eigenvalue weighted by molar-refractivity contribution is -0.156. The van der Waals surface area contributed by atoms with Crippen LogP contribution in [0.3, 0.4) is 0 Å². The fraction of sp³-hybridized carbons (Fsp3) is 0.560. The van der Waals surface area contributed by atoms with Crippen LogP contribution in [-0.4, -0.2) is 81.0 Å². The number of thiocarbonyl (C=S) groups is 1. The molecular weight excluding hydrogens is 482 g/mol. The van der Waals surface area contributed by atoms with Crippen LogP contribution in [0.1, 0.15) is 52.0 Å². The van der Waals surface area contributed by atoms with Gasteiger partial charge in [0.25, 0.3) is 0 Å². The molecule has 0 saturated heterocycles. The van der Waals surface area contributed by atoms with Crippen molar-refractivity contribution >= 4 is 40.8 Å². The number of carbonyl (C=O) groups is 3. The summed E-state index contributed by atoms with van der Waals surface area (Å²) in [7, 11) is 2.95. The highest BCUT2D eigenvalue weighted by Crippen LogP contribution is 2.42. The first-order valence-corrected chi connectivity index (χ1v) is 12.3. The van der Waals surface area contributed by atoms with Gasteiger partial charge in [0, 0.05) is 32.7 Å². The van der Waals surface area contributed by atoms with Gasteiger partial charge in [-0.05, 0) is 51.7 Å². The van der Waals surface area contributed by atoms with Gasteiger partial charge in [-0.15, -0.1) is 0 Å². The maximum atomic E-state index is 12.9. The molecule has 196 valence electrons. The van der Waals surface area contributed by atoms with Crippen LogP contribution in [0.2, 0.25) is 0 Å². The highest BCUT2D eigenvalue weighted by Gasteiger charge is 2.47. The molecule has 2 unspecified atom stereocenters. The number of amides is 2. The Morgan fingerprint density at radius 3 is 2.58 bits per heavy atom. The van der Waals surface area contributed by atoms with E-state index in [1.54, 1.807) is 27.0 Å². The monoisotopic (exact) mass is 517 g/mol. The summed E-state index contributed by atoms with van der Waals surface area (Å²) in [6.07, 6.45) is 7.29. The molecule has 0 radical (unpaired) electrons. The van der Waals surface area contributed by atoms with Crippen molar-refractivity contribution in [2.24, 2.45) is 5.73 Å². The Bertz CT molecular complexity index is 1140. The van der Waals surface area contributed by atoms with Crippen molar-refractivity contribution in [1.29, 1.82) is 0 Å². The Labute approximate surface area is 216 Å². The van der Waals surface area contributed by atoms with E-state index in [4.69, 9.17) is 27.4 Å². The van der Waals surface area contributed by atoms with Gasteiger partial charge in [0.15, 0.2) is 0 Å². The van der Waals surface area contributed by atoms with Crippen molar-refractivity contribution in [2.75, 3.05) is 27.2 Å². The first-order valence-electron chi connectivity index (χ1n) is 11.9. The second-order valence-corrected chi connectivity index (χ2v) is 10.7. The number of nitrogens with two attached hydrogens (primary N) is 1. The molecule has 3 rings (SSSR count). The van der Waals surface area contributed by atoms with E-state index in [9.17, 15) is 14.4 Å². The molecule has 1 fully saturated rings. The molecule has 2 heterocycles. The maximum absolute atomic E-state index is 12.9. The van der Waals surface area contributed by atoms with E-state index in [-0.39, 0.29) is 18.1 Å². The second kappa shape index (κ2) is 10.8. The average molecular weight is 518 g/mol. The molecule has 2 atom stereocenters.